The van der Waals surface area contributed by atoms with Gasteiger partial charge in [0.1, 0.15) is 5.01 Å². The van der Waals surface area contributed by atoms with Gasteiger partial charge in [0.25, 0.3) is 0 Å². The number of hydrogen-bond acceptors (Lipinski definition) is 5. The molecule has 0 unspecified atom stereocenters. The van der Waals surface area contributed by atoms with E-state index in [0.717, 1.165) is 30.3 Å². The quantitative estimate of drug-likeness (QED) is 0.802. The molecule has 6 nitrogen and oxygen atoms in total. The maximum atomic E-state index is 11.8. The van der Waals surface area contributed by atoms with Gasteiger partial charge in [-0.15, -0.1) is 11.3 Å². The molecule has 7 heteroatoms. The van der Waals surface area contributed by atoms with Gasteiger partial charge in [0.15, 0.2) is 0 Å². The van der Waals surface area contributed by atoms with Crippen molar-refractivity contribution in [1.82, 2.24) is 24.6 Å². The van der Waals surface area contributed by atoms with Crippen LogP contribution in [0.5, 0.6) is 0 Å². The normalized spacial score (nSPS) is 18.7. The molecule has 3 rings (SSSR count). The molecule has 2 aromatic heterocycles. The molecule has 3 heterocycles. The average Bonchev–Trinajstić information content (AvgIpc) is 3.21. The fourth-order valence-corrected chi connectivity index (χ4v) is 3.87. The van der Waals surface area contributed by atoms with Gasteiger partial charge in [-0.25, -0.2) is 4.98 Å². The van der Waals surface area contributed by atoms with Crippen LogP contribution in [0.2, 0.25) is 0 Å². The lowest BCUT2D eigenvalue weighted by Crippen LogP contribution is -2.41. The van der Waals surface area contributed by atoms with Gasteiger partial charge < -0.3 is 4.90 Å². The van der Waals surface area contributed by atoms with Gasteiger partial charge in [0.2, 0.25) is 5.91 Å². The molecule has 0 N–H and O–H groups in total. The lowest BCUT2D eigenvalue weighted by molar-refractivity contribution is -0.127. The lowest BCUT2D eigenvalue weighted by Gasteiger charge is -2.35. The Morgan fingerprint density at radius 3 is 3.04 bits per heavy atom. The number of nitrogens with zero attached hydrogens (tertiary/aromatic N) is 5. The summed E-state index contributed by atoms with van der Waals surface area (Å²) in [4.78, 5) is 20.6. The standard InChI is InChI=1S/C17H25N5OS/c1-20(2)17(23)10-16-19-14(13-24-16)11-21-8-4-3-6-15(21)12-22-9-5-7-18-22/h5,7,9,13,15H,3-4,6,8,10-12H2,1-2H3/t15-/m1/s1. The van der Waals surface area contributed by atoms with Crippen LogP contribution in [0.3, 0.4) is 0 Å². The van der Waals surface area contributed by atoms with Gasteiger partial charge >= 0.3 is 0 Å². The Labute approximate surface area is 147 Å². The Morgan fingerprint density at radius 2 is 2.29 bits per heavy atom. The van der Waals surface area contributed by atoms with Crippen molar-refractivity contribution in [3.05, 3.63) is 34.5 Å². The van der Waals surface area contributed by atoms with Crippen LogP contribution in [0.4, 0.5) is 0 Å². The van der Waals surface area contributed by atoms with E-state index in [2.05, 4.69) is 20.4 Å². The molecule has 0 bridgehead atoms. The van der Waals surface area contributed by atoms with Crippen molar-refractivity contribution in [2.45, 2.75) is 44.8 Å². The number of carbonyl (C=O) groups is 1. The fourth-order valence-electron chi connectivity index (χ4n) is 3.10. The first-order chi connectivity index (χ1) is 11.6. The van der Waals surface area contributed by atoms with E-state index >= 15 is 0 Å². The Hall–Kier alpha value is -1.73. The molecule has 24 heavy (non-hydrogen) atoms. The Balaban J connectivity index is 1.61. The van der Waals surface area contributed by atoms with E-state index in [-0.39, 0.29) is 5.91 Å². The maximum Gasteiger partial charge on any atom is 0.228 e. The summed E-state index contributed by atoms with van der Waals surface area (Å²) in [5, 5.41) is 7.34. The fraction of sp³-hybridized carbons (Fsp3) is 0.588. The number of hydrogen-bond donors (Lipinski definition) is 0. The van der Waals surface area contributed by atoms with Crippen molar-refractivity contribution in [3.8, 4) is 0 Å². The van der Waals surface area contributed by atoms with E-state index in [4.69, 9.17) is 0 Å². The molecular weight excluding hydrogens is 322 g/mol. The number of likely N-dealkylation sites (tertiary alicyclic amines) is 1. The van der Waals surface area contributed by atoms with Gasteiger partial charge in [-0.05, 0) is 25.5 Å². The number of thiazole rings is 1. The molecule has 2 aromatic rings. The van der Waals surface area contributed by atoms with Crippen LogP contribution in [-0.4, -0.2) is 57.2 Å². The monoisotopic (exact) mass is 347 g/mol. The average molecular weight is 347 g/mol. The highest BCUT2D eigenvalue weighted by molar-refractivity contribution is 7.09. The zero-order valence-electron chi connectivity index (χ0n) is 14.4. The summed E-state index contributed by atoms with van der Waals surface area (Å²) in [5.41, 5.74) is 1.08. The number of likely N-dealkylation sites (N-methyl/N-ethyl adjacent to an activating group) is 1. The minimum Gasteiger partial charge on any atom is -0.348 e. The van der Waals surface area contributed by atoms with Crippen molar-refractivity contribution in [1.29, 1.82) is 0 Å². The summed E-state index contributed by atoms with van der Waals surface area (Å²) in [7, 11) is 3.56. The van der Waals surface area contributed by atoms with Crippen molar-refractivity contribution in [3.63, 3.8) is 0 Å². The zero-order valence-corrected chi connectivity index (χ0v) is 15.2. The minimum absolute atomic E-state index is 0.102. The Morgan fingerprint density at radius 1 is 1.42 bits per heavy atom. The summed E-state index contributed by atoms with van der Waals surface area (Å²) >= 11 is 1.59. The molecule has 0 saturated carbocycles. The first kappa shape index (κ1) is 17.1. The number of piperidine rings is 1. The molecule has 1 aliphatic heterocycles. The zero-order chi connectivity index (χ0) is 16.9. The summed E-state index contributed by atoms with van der Waals surface area (Å²) in [6, 6.07) is 2.48. The molecule has 1 saturated heterocycles. The van der Waals surface area contributed by atoms with E-state index in [1.165, 1.54) is 19.3 Å². The summed E-state index contributed by atoms with van der Waals surface area (Å²) in [5.74, 6) is 0.102. The molecule has 1 atom stereocenters. The lowest BCUT2D eigenvalue weighted by atomic mass is 10.0. The van der Waals surface area contributed by atoms with Crippen LogP contribution in [0.25, 0.3) is 0 Å². The number of aromatic nitrogens is 3. The number of carbonyl (C=O) groups excluding carboxylic acids is 1. The van der Waals surface area contributed by atoms with Gasteiger partial charge in [-0.1, -0.05) is 6.42 Å². The molecule has 0 aromatic carbocycles. The largest absolute Gasteiger partial charge is 0.348 e. The van der Waals surface area contributed by atoms with Crippen LogP contribution in [0.1, 0.15) is 30.0 Å². The van der Waals surface area contributed by atoms with Crippen LogP contribution >= 0.6 is 11.3 Å². The third-order valence-electron chi connectivity index (χ3n) is 4.47. The van der Waals surface area contributed by atoms with Crippen LogP contribution in [0, 0.1) is 0 Å². The number of rotatable bonds is 6. The molecule has 130 valence electrons. The molecule has 0 spiro atoms. The third-order valence-corrected chi connectivity index (χ3v) is 5.37. The predicted molar refractivity (Wildman–Crippen MR) is 94.8 cm³/mol. The predicted octanol–water partition coefficient (Wildman–Crippen LogP) is 2.02. The van der Waals surface area contributed by atoms with Crippen LogP contribution in [0.15, 0.2) is 23.8 Å². The van der Waals surface area contributed by atoms with Crippen molar-refractivity contribution >= 4 is 17.2 Å². The SMILES string of the molecule is CN(C)C(=O)Cc1nc(CN2CCCC[C@@H]2Cn2cccn2)cs1. The second-order valence-electron chi connectivity index (χ2n) is 6.55. The highest BCUT2D eigenvalue weighted by Gasteiger charge is 2.24. The van der Waals surface area contributed by atoms with Gasteiger partial charge in [-0.3, -0.25) is 14.4 Å². The van der Waals surface area contributed by atoms with Crippen molar-refractivity contribution in [2.24, 2.45) is 0 Å². The topological polar surface area (TPSA) is 54.3 Å². The molecule has 1 amide bonds. The molecule has 1 aliphatic rings. The molecule has 0 aliphatic carbocycles. The van der Waals surface area contributed by atoms with Crippen LogP contribution < -0.4 is 0 Å². The van der Waals surface area contributed by atoms with Gasteiger partial charge in [0, 0.05) is 44.5 Å². The summed E-state index contributed by atoms with van der Waals surface area (Å²) in [6.07, 6.45) is 7.99. The highest BCUT2D eigenvalue weighted by atomic mass is 32.1. The van der Waals surface area contributed by atoms with E-state index in [1.54, 1.807) is 30.3 Å². The molecular formula is C17H25N5OS. The minimum atomic E-state index is 0.102. The first-order valence-corrected chi connectivity index (χ1v) is 9.34. The van der Waals surface area contributed by atoms with E-state index < -0.39 is 0 Å². The highest BCUT2D eigenvalue weighted by Crippen LogP contribution is 2.22. The Kier molecular flexibility index (Phi) is 5.63. The Bertz CT molecular complexity index is 652. The molecule has 1 fully saturated rings. The van der Waals surface area contributed by atoms with Crippen molar-refractivity contribution in [2.75, 3.05) is 20.6 Å². The summed E-state index contributed by atoms with van der Waals surface area (Å²) in [6.45, 7) is 2.90. The van der Waals surface area contributed by atoms with Crippen LogP contribution in [-0.2, 0) is 24.3 Å². The second kappa shape index (κ2) is 7.90. The van der Waals surface area contributed by atoms with E-state index in [1.807, 2.05) is 23.1 Å². The van der Waals surface area contributed by atoms with E-state index in [9.17, 15) is 4.79 Å². The first-order valence-electron chi connectivity index (χ1n) is 8.46. The van der Waals surface area contributed by atoms with Gasteiger partial charge in [0.05, 0.1) is 18.7 Å². The summed E-state index contributed by atoms with van der Waals surface area (Å²) < 4.78 is 2.02. The smallest absolute Gasteiger partial charge is 0.228 e. The number of amides is 1. The molecule has 0 radical (unpaired) electrons. The van der Waals surface area contributed by atoms with E-state index in [0.29, 0.717) is 12.5 Å². The second-order valence-corrected chi connectivity index (χ2v) is 7.49. The van der Waals surface area contributed by atoms with Crippen molar-refractivity contribution < 1.29 is 4.79 Å². The third kappa shape index (κ3) is 4.42. The maximum absolute atomic E-state index is 11.8. The van der Waals surface area contributed by atoms with Gasteiger partial charge in [-0.2, -0.15) is 5.10 Å².